The van der Waals surface area contributed by atoms with E-state index in [2.05, 4.69) is 10.3 Å². The van der Waals surface area contributed by atoms with Gasteiger partial charge in [0.2, 0.25) is 0 Å². The first kappa shape index (κ1) is 22.1. The molecule has 4 nitrogen and oxygen atoms in total. The lowest BCUT2D eigenvalue weighted by Crippen LogP contribution is -2.38. The predicted molar refractivity (Wildman–Crippen MR) is 124 cm³/mol. The minimum absolute atomic E-state index is 0.164. The standard InChI is InChI=1S/C25H24F3N3OS/c1-15-30-23(14-33-15)18-5-3-7-20(11-18)31(24(32)25(26,27)28)19-6-2-4-17(10-19)21-12-22(21)29-13-16-8-9-16/h2-7,10-11,14,16,21-22,29H,8-9,12-13H2,1H3. The Hall–Kier alpha value is -2.71. The minimum atomic E-state index is -5.00. The first-order valence-corrected chi connectivity index (χ1v) is 11.9. The molecule has 2 fully saturated rings. The predicted octanol–water partition coefficient (Wildman–Crippen LogP) is 6.20. The van der Waals surface area contributed by atoms with Crippen molar-refractivity contribution in [3.63, 3.8) is 0 Å². The number of hydrogen-bond donors (Lipinski definition) is 1. The highest BCUT2D eigenvalue weighted by molar-refractivity contribution is 7.09. The number of benzene rings is 2. The summed E-state index contributed by atoms with van der Waals surface area (Å²) < 4.78 is 40.8. The van der Waals surface area contributed by atoms with Crippen molar-refractivity contribution in [1.29, 1.82) is 0 Å². The molecule has 2 saturated carbocycles. The van der Waals surface area contributed by atoms with Crippen LogP contribution in [0.15, 0.2) is 53.9 Å². The lowest BCUT2D eigenvalue weighted by atomic mass is 10.1. The fourth-order valence-corrected chi connectivity index (χ4v) is 4.76. The summed E-state index contributed by atoms with van der Waals surface area (Å²) in [4.78, 5) is 17.7. The van der Waals surface area contributed by atoms with E-state index in [1.165, 1.54) is 30.2 Å². The fourth-order valence-electron chi connectivity index (χ4n) is 4.13. The van der Waals surface area contributed by atoms with Gasteiger partial charge in [-0.2, -0.15) is 13.2 Å². The number of thiazole rings is 1. The number of carbonyl (C=O) groups excluding carboxylic acids is 1. The number of aryl methyl sites for hydroxylation is 1. The number of amides is 1. The third kappa shape index (κ3) is 4.96. The van der Waals surface area contributed by atoms with Crippen LogP contribution in [0.4, 0.5) is 24.5 Å². The Bertz CT molecular complexity index is 1170. The highest BCUT2D eigenvalue weighted by Crippen LogP contribution is 2.43. The topological polar surface area (TPSA) is 45.2 Å². The van der Waals surface area contributed by atoms with E-state index in [4.69, 9.17) is 0 Å². The largest absolute Gasteiger partial charge is 0.472 e. The number of hydrogen-bond acceptors (Lipinski definition) is 4. The molecule has 33 heavy (non-hydrogen) atoms. The Kier molecular flexibility index (Phi) is 5.74. The van der Waals surface area contributed by atoms with E-state index in [1.807, 2.05) is 18.4 Å². The van der Waals surface area contributed by atoms with E-state index in [9.17, 15) is 18.0 Å². The summed E-state index contributed by atoms with van der Waals surface area (Å²) in [6.07, 6.45) is -1.50. The first-order valence-electron chi connectivity index (χ1n) is 11.1. The van der Waals surface area contributed by atoms with E-state index in [-0.39, 0.29) is 17.3 Å². The zero-order valence-corrected chi connectivity index (χ0v) is 18.9. The number of alkyl halides is 3. The molecule has 0 saturated heterocycles. The quantitative estimate of drug-likeness (QED) is 0.446. The summed E-state index contributed by atoms with van der Waals surface area (Å²) in [5.41, 5.74) is 2.67. The molecule has 8 heteroatoms. The third-order valence-corrected chi connectivity index (χ3v) is 6.95. The van der Waals surface area contributed by atoms with Gasteiger partial charge in [0.1, 0.15) is 0 Å². The summed E-state index contributed by atoms with van der Waals surface area (Å²) in [5, 5.41) is 6.27. The van der Waals surface area contributed by atoms with Crippen LogP contribution in [0.5, 0.6) is 0 Å². The number of aromatic nitrogens is 1. The summed E-state index contributed by atoms with van der Waals surface area (Å²) in [6.45, 7) is 2.87. The number of carbonyl (C=O) groups is 1. The molecule has 0 spiro atoms. The normalized spacial score (nSPS) is 20.0. The molecule has 0 bridgehead atoms. The second kappa shape index (κ2) is 8.57. The smallest absolute Gasteiger partial charge is 0.313 e. The summed E-state index contributed by atoms with van der Waals surface area (Å²) in [7, 11) is 0. The van der Waals surface area contributed by atoms with Gasteiger partial charge in [0.25, 0.3) is 0 Å². The molecule has 1 heterocycles. The van der Waals surface area contributed by atoms with Crippen LogP contribution in [-0.2, 0) is 4.79 Å². The van der Waals surface area contributed by atoms with Gasteiger partial charge < -0.3 is 5.32 Å². The average Bonchev–Trinajstić information content (AvgIpc) is 3.70. The van der Waals surface area contributed by atoms with Crippen molar-refractivity contribution in [3.8, 4) is 11.3 Å². The molecule has 2 aromatic carbocycles. The zero-order chi connectivity index (χ0) is 23.2. The molecule has 3 aromatic rings. The molecule has 0 radical (unpaired) electrons. The molecule has 2 atom stereocenters. The van der Waals surface area contributed by atoms with Gasteiger partial charge in [0, 0.05) is 34.3 Å². The fraction of sp³-hybridized carbons (Fsp3) is 0.360. The molecule has 5 rings (SSSR count). The highest BCUT2D eigenvalue weighted by atomic mass is 32.1. The molecule has 172 valence electrons. The van der Waals surface area contributed by atoms with E-state index in [0.29, 0.717) is 17.3 Å². The molecule has 2 unspecified atom stereocenters. The zero-order valence-electron chi connectivity index (χ0n) is 18.1. The van der Waals surface area contributed by atoms with Crippen LogP contribution in [0, 0.1) is 12.8 Å². The van der Waals surface area contributed by atoms with Gasteiger partial charge in [-0.1, -0.05) is 24.3 Å². The van der Waals surface area contributed by atoms with Gasteiger partial charge >= 0.3 is 12.1 Å². The Morgan fingerprint density at radius 3 is 2.55 bits per heavy atom. The van der Waals surface area contributed by atoms with Crippen LogP contribution in [0.2, 0.25) is 0 Å². The SMILES string of the molecule is Cc1nc(-c2cccc(N(C(=O)C(F)(F)F)c3cccc(C4CC4NCC4CC4)c3)c2)cs1. The molecular weight excluding hydrogens is 447 g/mol. The molecule has 2 aliphatic carbocycles. The summed E-state index contributed by atoms with van der Waals surface area (Å²) >= 11 is 1.46. The first-order chi connectivity index (χ1) is 15.8. The van der Waals surface area contributed by atoms with Gasteiger partial charge in [-0.25, -0.2) is 4.98 Å². The number of halogens is 3. The highest BCUT2D eigenvalue weighted by Gasteiger charge is 2.44. The van der Waals surface area contributed by atoms with Gasteiger partial charge in [0.15, 0.2) is 0 Å². The lowest BCUT2D eigenvalue weighted by molar-refractivity contribution is -0.169. The Morgan fingerprint density at radius 1 is 1.15 bits per heavy atom. The number of nitrogens with zero attached hydrogens (tertiary/aromatic N) is 2. The van der Waals surface area contributed by atoms with Crippen LogP contribution in [0.3, 0.4) is 0 Å². The van der Waals surface area contributed by atoms with E-state index < -0.39 is 12.1 Å². The molecule has 1 N–H and O–H groups in total. The van der Waals surface area contributed by atoms with E-state index in [0.717, 1.165) is 34.4 Å². The molecular formula is C25H24F3N3OS. The van der Waals surface area contributed by atoms with Gasteiger partial charge in [-0.05, 0) is 68.5 Å². The second-order valence-corrected chi connectivity index (χ2v) is 9.90. The summed E-state index contributed by atoms with van der Waals surface area (Å²) in [5.74, 6) is -0.882. The van der Waals surface area contributed by atoms with Crippen molar-refractivity contribution in [3.05, 3.63) is 64.5 Å². The molecule has 0 aliphatic heterocycles. The monoisotopic (exact) mass is 471 g/mol. The Morgan fingerprint density at radius 2 is 1.88 bits per heavy atom. The van der Waals surface area contributed by atoms with Gasteiger partial charge in [-0.15, -0.1) is 11.3 Å². The maximum Gasteiger partial charge on any atom is 0.472 e. The van der Waals surface area contributed by atoms with Crippen LogP contribution < -0.4 is 10.2 Å². The van der Waals surface area contributed by atoms with Crippen molar-refractivity contribution in [2.45, 2.75) is 44.3 Å². The van der Waals surface area contributed by atoms with Crippen molar-refractivity contribution >= 4 is 28.6 Å². The van der Waals surface area contributed by atoms with Crippen molar-refractivity contribution < 1.29 is 18.0 Å². The molecule has 1 aromatic heterocycles. The van der Waals surface area contributed by atoms with Gasteiger partial charge in [0.05, 0.1) is 10.7 Å². The third-order valence-electron chi connectivity index (χ3n) is 6.18. The number of rotatable bonds is 7. The number of nitrogens with one attached hydrogen (secondary N) is 1. The number of anilines is 2. The van der Waals surface area contributed by atoms with Crippen LogP contribution >= 0.6 is 11.3 Å². The summed E-state index contributed by atoms with van der Waals surface area (Å²) in [6, 6.07) is 13.8. The molecule has 1 amide bonds. The Balaban J connectivity index is 1.46. The minimum Gasteiger partial charge on any atom is -0.313 e. The maximum atomic E-state index is 13.6. The van der Waals surface area contributed by atoms with E-state index in [1.54, 1.807) is 36.4 Å². The van der Waals surface area contributed by atoms with Crippen LogP contribution in [-0.4, -0.2) is 29.7 Å². The maximum absolute atomic E-state index is 13.6. The van der Waals surface area contributed by atoms with E-state index >= 15 is 0 Å². The molecule has 2 aliphatic rings. The van der Waals surface area contributed by atoms with Crippen LogP contribution in [0.1, 0.15) is 35.8 Å². The van der Waals surface area contributed by atoms with Crippen LogP contribution in [0.25, 0.3) is 11.3 Å². The van der Waals surface area contributed by atoms with Crippen molar-refractivity contribution in [2.24, 2.45) is 5.92 Å². The van der Waals surface area contributed by atoms with Crippen molar-refractivity contribution in [2.75, 3.05) is 11.4 Å². The average molecular weight is 472 g/mol. The van der Waals surface area contributed by atoms with Crippen molar-refractivity contribution in [1.82, 2.24) is 10.3 Å². The lowest BCUT2D eigenvalue weighted by Gasteiger charge is -2.25. The Labute approximate surface area is 194 Å². The van der Waals surface area contributed by atoms with Gasteiger partial charge in [-0.3, -0.25) is 9.69 Å². The second-order valence-electron chi connectivity index (χ2n) is 8.84.